The van der Waals surface area contributed by atoms with E-state index in [1.807, 2.05) is 6.92 Å². The van der Waals surface area contributed by atoms with Crippen molar-refractivity contribution in [2.75, 3.05) is 6.61 Å². The lowest BCUT2D eigenvalue weighted by atomic mass is 10.5. The minimum absolute atomic E-state index is 0.319. The van der Waals surface area contributed by atoms with Crippen molar-refractivity contribution < 1.29 is 43.6 Å². The Labute approximate surface area is 80.1 Å². The Hall–Kier alpha value is 0.180. The summed E-state index contributed by atoms with van der Waals surface area (Å²) in [5.41, 5.74) is 0. The fraction of sp³-hybridized carbons (Fsp3) is 1.00. The first-order valence-corrected chi connectivity index (χ1v) is 6.22. The van der Waals surface area contributed by atoms with Crippen LogP contribution in [-0.2, 0) is 9.13 Å². The van der Waals surface area contributed by atoms with E-state index in [9.17, 15) is 0 Å². The third kappa shape index (κ3) is 1090. The summed E-state index contributed by atoms with van der Waals surface area (Å²) in [6.07, 6.45) is 0.875. The molecular weight excluding hydrogens is 242 g/mol. The predicted octanol–water partition coefficient (Wildman–Crippen LogP) is -1.47. The first-order valence-electron chi connectivity index (χ1n) is 3.09. The normalized spacial score (nSPS) is 10.6. The molecule has 0 amide bonds. The third-order valence-electron chi connectivity index (χ3n) is 0.224. The number of aliphatic hydroxyl groups excluding tert-OH is 1. The van der Waals surface area contributed by atoms with Crippen LogP contribution in [0, 0.1) is 0 Å². The second kappa shape index (κ2) is 9.72. The number of phosphoric acid groups is 2. The monoisotopic (exact) mass is 256 g/mol. The number of rotatable bonds is 1. The van der Waals surface area contributed by atoms with Crippen molar-refractivity contribution in [1.82, 2.24) is 0 Å². The van der Waals surface area contributed by atoms with Gasteiger partial charge in [0, 0.05) is 6.61 Å². The largest absolute Gasteiger partial charge is 0.466 e. The highest BCUT2D eigenvalue weighted by Crippen LogP contribution is 2.26. The van der Waals surface area contributed by atoms with Gasteiger partial charge in [0.25, 0.3) is 0 Å². The highest BCUT2D eigenvalue weighted by molar-refractivity contribution is 7.45. The van der Waals surface area contributed by atoms with Crippen LogP contribution in [0.15, 0.2) is 0 Å². The summed E-state index contributed by atoms with van der Waals surface area (Å²) in [5.74, 6) is 0. The summed E-state index contributed by atoms with van der Waals surface area (Å²) < 4.78 is 17.8. The predicted molar refractivity (Wildman–Crippen MR) is 45.9 cm³/mol. The van der Waals surface area contributed by atoms with Gasteiger partial charge < -0.3 is 34.5 Å². The van der Waals surface area contributed by atoms with Crippen molar-refractivity contribution in [3.8, 4) is 0 Å². The van der Waals surface area contributed by atoms with Crippen LogP contribution in [0.1, 0.15) is 13.3 Å². The molecule has 0 aromatic carbocycles. The molecule has 0 radical (unpaired) electrons. The average Bonchev–Trinajstić information content (AvgIpc) is 1.79. The first kappa shape index (κ1) is 19.7. The van der Waals surface area contributed by atoms with E-state index in [1.165, 1.54) is 0 Å². The van der Waals surface area contributed by atoms with Gasteiger partial charge >= 0.3 is 15.6 Å². The van der Waals surface area contributed by atoms with Crippen molar-refractivity contribution >= 4 is 15.6 Å². The quantitative estimate of drug-likeness (QED) is 0.276. The lowest BCUT2D eigenvalue weighted by Crippen LogP contribution is -1.69. The lowest BCUT2D eigenvalue weighted by molar-refractivity contribution is 0.272. The molecule has 0 aliphatic rings. The lowest BCUT2D eigenvalue weighted by Gasteiger charge is -1.82. The maximum Gasteiger partial charge on any atom is 0.466 e. The fourth-order valence-electron chi connectivity index (χ4n) is 0. The summed E-state index contributed by atoms with van der Waals surface area (Å²) in [6, 6.07) is 0. The number of hydrogen-bond donors (Lipinski definition) is 7. The van der Waals surface area contributed by atoms with Crippen LogP contribution < -0.4 is 0 Å². The molecule has 0 heterocycles. The van der Waals surface area contributed by atoms with Gasteiger partial charge in [0.05, 0.1) is 0 Å². The van der Waals surface area contributed by atoms with Gasteiger partial charge in [-0.25, -0.2) is 9.13 Å². The molecule has 0 spiro atoms. The summed E-state index contributed by atoms with van der Waals surface area (Å²) in [6.45, 7) is 2.25. The number of aliphatic hydroxyl groups is 1. The van der Waals surface area contributed by atoms with E-state index >= 15 is 0 Å². The molecule has 0 bridgehead atoms. The summed E-state index contributed by atoms with van der Waals surface area (Å²) in [4.78, 5) is 43.1. The van der Waals surface area contributed by atoms with Crippen LogP contribution in [0.5, 0.6) is 0 Å². The van der Waals surface area contributed by atoms with Crippen molar-refractivity contribution in [3.63, 3.8) is 0 Å². The Morgan fingerprint density at radius 3 is 0.929 bits per heavy atom. The van der Waals surface area contributed by atoms with Crippen LogP contribution in [0.2, 0.25) is 0 Å². The molecule has 0 aliphatic heterocycles. The van der Waals surface area contributed by atoms with Crippen LogP contribution in [-0.4, -0.2) is 41.1 Å². The summed E-state index contributed by atoms with van der Waals surface area (Å²) >= 11 is 0. The Morgan fingerprint density at radius 1 is 0.857 bits per heavy atom. The van der Waals surface area contributed by atoms with Crippen molar-refractivity contribution in [1.29, 1.82) is 0 Å². The van der Waals surface area contributed by atoms with E-state index < -0.39 is 15.6 Å². The standard InChI is InChI=1S/C3H8O.2H3O4P/c1-2-3-4;2*1-5(2,3)4/h4H,2-3H2,1H3;2*(H3,1,2,3,4). The van der Waals surface area contributed by atoms with Crippen molar-refractivity contribution in [2.45, 2.75) is 13.3 Å². The van der Waals surface area contributed by atoms with E-state index in [1.54, 1.807) is 0 Å². The molecule has 0 aromatic heterocycles. The van der Waals surface area contributed by atoms with Gasteiger partial charge in [-0.05, 0) is 6.42 Å². The smallest absolute Gasteiger partial charge is 0.396 e. The maximum atomic E-state index is 8.88. The van der Waals surface area contributed by atoms with Gasteiger partial charge in [0.2, 0.25) is 0 Å². The van der Waals surface area contributed by atoms with Crippen LogP contribution in [0.4, 0.5) is 0 Å². The molecule has 0 unspecified atom stereocenters. The molecular formula is C3H14O9P2. The molecule has 9 nitrogen and oxygen atoms in total. The zero-order valence-electron chi connectivity index (χ0n) is 7.26. The Bertz CT molecular complexity index is 152. The average molecular weight is 256 g/mol. The minimum Gasteiger partial charge on any atom is -0.396 e. The van der Waals surface area contributed by atoms with Crippen molar-refractivity contribution in [3.05, 3.63) is 0 Å². The van der Waals surface area contributed by atoms with E-state index in [0.29, 0.717) is 6.61 Å². The van der Waals surface area contributed by atoms with Gasteiger partial charge in [0.1, 0.15) is 0 Å². The Kier molecular flexibility index (Phi) is 13.7. The number of hydrogen-bond acceptors (Lipinski definition) is 3. The summed E-state index contributed by atoms with van der Waals surface area (Å²) in [5, 5.41) is 7.88. The molecule has 0 saturated carbocycles. The fourth-order valence-corrected chi connectivity index (χ4v) is 0. The molecule has 0 rings (SSSR count). The first-order chi connectivity index (χ1) is 5.91. The molecule has 90 valence electrons. The van der Waals surface area contributed by atoms with Gasteiger partial charge in [-0.1, -0.05) is 6.92 Å². The van der Waals surface area contributed by atoms with Gasteiger partial charge in [-0.3, -0.25) is 0 Å². The second-order valence-corrected chi connectivity index (χ2v) is 3.80. The Morgan fingerprint density at radius 2 is 0.929 bits per heavy atom. The molecule has 0 saturated heterocycles. The topological polar surface area (TPSA) is 176 Å². The molecule has 7 N–H and O–H groups in total. The van der Waals surface area contributed by atoms with E-state index in [2.05, 4.69) is 0 Å². The third-order valence-corrected chi connectivity index (χ3v) is 0.224. The molecule has 0 atom stereocenters. The van der Waals surface area contributed by atoms with Gasteiger partial charge in [-0.15, -0.1) is 0 Å². The van der Waals surface area contributed by atoms with Gasteiger partial charge in [-0.2, -0.15) is 0 Å². The molecule has 0 aliphatic carbocycles. The zero-order chi connectivity index (χ0) is 12.4. The highest BCUT2D eigenvalue weighted by atomic mass is 31.2. The van der Waals surface area contributed by atoms with E-state index in [0.717, 1.165) is 6.42 Å². The molecule has 0 aromatic rings. The minimum atomic E-state index is -4.64. The second-order valence-electron chi connectivity index (χ2n) is 1.75. The zero-order valence-corrected chi connectivity index (χ0v) is 9.04. The van der Waals surface area contributed by atoms with Crippen LogP contribution >= 0.6 is 15.6 Å². The van der Waals surface area contributed by atoms with E-state index in [-0.39, 0.29) is 0 Å². The van der Waals surface area contributed by atoms with E-state index in [4.69, 9.17) is 43.6 Å². The van der Waals surface area contributed by atoms with Crippen LogP contribution in [0.25, 0.3) is 0 Å². The summed E-state index contributed by atoms with van der Waals surface area (Å²) in [7, 11) is -9.28. The SMILES string of the molecule is CCCO.O=P(O)(O)O.O=P(O)(O)O. The van der Waals surface area contributed by atoms with Gasteiger partial charge in [0.15, 0.2) is 0 Å². The molecule has 14 heavy (non-hydrogen) atoms. The molecule has 11 heteroatoms. The van der Waals surface area contributed by atoms with Crippen molar-refractivity contribution in [2.24, 2.45) is 0 Å². The maximum absolute atomic E-state index is 8.88. The highest BCUT2D eigenvalue weighted by Gasteiger charge is 2.00. The molecule has 0 fully saturated rings. The Balaban J connectivity index is -0.000000131. The van der Waals surface area contributed by atoms with Crippen LogP contribution in [0.3, 0.4) is 0 Å².